The quantitative estimate of drug-likeness (QED) is 0.544. The molecule has 3 heterocycles. The van der Waals surface area contributed by atoms with E-state index in [0.29, 0.717) is 23.8 Å². The molecule has 32 heavy (non-hydrogen) atoms. The van der Waals surface area contributed by atoms with Crippen LogP contribution in [-0.4, -0.2) is 53.6 Å². The van der Waals surface area contributed by atoms with Crippen LogP contribution in [0.1, 0.15) is 30.1 Å². The second-order valence-electron chi connectivity index (χ2n) is 7.61. The lowest BCUT2D eigenvalue weighted by Gasteiger charge is -2.35. The number of nitrogens with zero attached hydrogens (tertiary/aromatic N) is 5. The highest BCUT2D eigenvalue weighted by molar-refractivity contribution is 6.04. The number of carbonyl (C=O) groups is 1. The van der Waals surface area contributed by atoms with E-state index in [9.17, 15) is 4.79 Å². The van der Waals surface area contributed by atoms with E-state index in [0.717, 1.165) is 50.6 Å². The van der Waals surface area contributed by atoms with Crippen LogP contribution in [0, 0.1) is 0 Å². The fraction of sp³-hybridized carbons (Fsp3) is 0.333. The maximum atomic E-state index is 12.5. The van der Waals surface area contributed by atoms with Gasteiger partial charge in [0.05, 0.1) is 24.7 Å². The topological polar surface area (TPSA) is 83.5 Å². The molecule has 0 unspecified atom stereocenters. The third-order valence-corrected chi connectivity index (χ3v) is 5.31. The maximum Gasteiger partial charge on any atom is 0.255 e. The van der Waals surface area contributed by atoms with Crippen LogP contribution in [0.4, 0.5) is 17.5 Å². The van der Waals surface area contributed by atoms with Crippen LogP contribution >= 0.6 is 0 Å². The maximum absolute atomic E-state index is 12.5. The van der Waals surface area contributed by atoms with Crippen molar-refractivity contribution < 1.29 is 9.53 Å². The fourth-order valence-electron chi connectivity index (χ4n) is 3.47. The summed E-state index contributed by atoms with van der Waals surface area (Å²) in [6.07, 6.45) is 7.20. The van der Waals surface area contributed by atoms with Gasteiger partial charge in [0.1, 0.15) is 11.6 Å². The van der Waals surface area contributed by atoms with Gasteiger partial charge >= 0.3 is 0 Å². The Labute approximate surface area is 188 Å². The Bertz CT molecular complexity index is 987. The van der Waals surface area contributed by atoms with Gasteiger partial charge in [-0.1, -0.05) is 19.4 Å². The summed E-state index contributed by atoms with van der Waals surface area (Å²) in [5, 5.41) is 2.85. The van der Waals surface area contributed by atoms with Crippen LogP contribution < -0.4 is 19.9 Å². The normalized spacial score (nSPS) is 13.7. The third kappa shape index (κ3) is 5.51. The Kier molecular flexibility index (Phi) is 7.12. The van der Waals surface area contributed by atoms with Gasteiger partial charge in [0.25, 0.3) is 5.91 Å². The molecule has 3 aromatic rings. The number of rotatable bonds is 8. The lowest BCUT2D eigenvalue weighted by molar-refractivity contribution is 0.102. The Morgan fingerprint density at radius 1 is 0.969 bits per heavy atom. The summed E-state index contributed by atoms with van der Waals surface area (Å²) in [6.45, 7) is 6.15. The molecule has 0 atom stereocenters. The summed E-state index contributed by atoms with van der Waals surface area (Å²) < 4.78 is 5.64. The van der Waals surface area contributed by atoms with Gasteiger partial charge in [-0.05, 0) is 42.8 Å². The number of nitrogens with one attached hydrogen (secondary N) is 1. The molecule has 1 amide bonds. The zero-order chi connectivity index (χ0) is 22.2. The second kappa shape index (κ2) is 10.6. The molecule has 1 aliphatic rings. The van der Waals surface area contributed by atoms with Crippen molar-refractivity contribution in [1.29, 1.82) is 0 Å². The van der Waals surface area contributed by atoms with Crippen LogP contribution in [0.3, 0.4) is 0 Å². The SMILES string of the molecule is CCCCOc1ccc(C(=O)Nc2cnc(N3CCN(c4ccccn4)CC3)nc2)cc1. The van der Waals surface area contributed by atoms with Gasteiger partial charge in [-0.15, -0.1) is 0 Å². The van der Waals surface area contributed by atoms with Gasteiger partial charge in [-0.25, -0.2) is 15.0 Å². The van der Waals surface area contributed by atoms with Crippen LogP contribution in [0.15, 0.2) is 61.1 Å². The first-order valence-electron chi connectivity index (χ1n) is 11.0. The van der Waals surface area contributed by atoms with E-state index in [1.165, 1.54) is 0 Å². The number of anilines is 3. The summed E-state index contributed by atoms with van der Waals surface area (Å²) in [5.74, 6) is 2.22. The van der Waals surface area contributed by atoms with Crippen LogP contribution in [0.2, 0.25) is 0 Å². The highest BCUT2D eigenvalue weighted by Crippen LogP contribution is 2.18. The van der Waals surface area contributed by atoms with Crippen LogP contribution in [0.5, 0.6) is 5.75 Å². The molecule has 1 fully saturated rings. The molecule has 1 aliphatic heterocycles. The smallest absolute Gasteiger partial charge is 0.255 e. The Balaban J connectivity index is 1.29. The van der Waals surface area contributed by atoms with Crippen molar-refractivity contribution in [2.45, 2.75) is 19.8 Å². The molecule has 1 aromatic carbocycles. The fourth-order valence-corrected chi connectivity index (χ4v) is 3.47. The first-order valence-corrected chi connectivity index (χ1v) is 11.0. The lowest BCUT2D eigenvalue weighted by atomic mass is 10.2. The van der Waals surface area contributed by atoms with Crippen molar-refractivity contribution in [3.63, 3.8) is 0 Å². The summed E-state index contributed by atoms with van der Waals surface area (Å²) >= 11 is 0. The predicted molar refractivity (Wildman–Crippen MR) is 125 cm³/mol. The molecule has 0 saturated carbocycles. The number of amides is 1. The molecule has 0 bridgehead atoms. The highest BCUT2D eigenvalue weighted by atomic mass is 16.5. The largest absolute Gasteiger partial charge is 0.494 e. The lowest BCUT2D eigenvalue weighted by Crippen LogP contribution is -2.47. The number of hydrogen-bond acceptors (Lipinski definition) is 7. The number of unbranched alkanes of at least 4 members (excludes halogenated alkanes) is 1. The van der Waals surface area contributed by atoms with Gasteiger partial charge in [-0.3, -0.25) is 4.79 Å². The highest BCUT2D eigenvalue weighted by Gasteiger charge is 2.19. The minimum Gasteiger partial charge on any atom is -0.494 e. The molecule has 1 saturated heterocycles. The molecule has 8 heteroatoms. The van der Waals surface area contributed by atoms with Crippen molar-refractivity contribution in [3.05, 3.63) is 66.6 Å². The van der Waals surface area contributed by atoms with Gasteiger partial charge in [0.2, 0.25) is 5.95 Å². The summed E-state index contributed by atoms with van der Waals surface area (Å²) in [5.41, 5.74) is 1.12. The zero-order valence-electron chi connectivity index (χ0n) is 18.3. The minimum atomic E-state index is -0.203. The summed E-state index contributed by atoms with van der Waals surface area (Å²) in [6, 6.07) is 13.1. The summed E-state index contributed by atoms with van der Waals surface area (Å²) in [4.78, 5) is 30.2. The van der Waals surface area contributed by atoms with Crippen LogP contribution in [-0.2, 0) is 0 Å². The average Bonchev–Trinajstić information content (AvgIpc) is 2.86. The van der Waals surface area contributed by atoms with Gasteiger partial charge in [0, 0.05) is 37.9 Å². The Morgan fingerprint density at radius 2 is 1.69 bits per heavy atom. The number of aromatic nitrogens is 3. The van der Waals surface area contributed by atoms with Crippen molar-refractivity contribution in [3.8, 4) is 5.75 Å². The van der Waals surface area contributed by atoms with E-state index >= 15 is 0 Å². The monoisotopic (exact) mass is 432 g/mol. The number of piperazine rings is 1. The first kappa shape index (κ1) is 21.5. The minimum absolute atomic E-state index is 0.203. The molecular weight excluding hydrogens is 404 g/mol. The molecular formula is C24H28N6O2. The molecule has 0 aliphatic carbocycles. The predicted octanol–water partition coefficient (Wildman–Crippen LogP) is 3.63. The number of hydrogen-bond donors (Lipinski definition) is 1. The van der Waals surface area contributed by atoms with E-state index in [1.807, 2.05) is 36.5 Å². The molecule has 8 nitrogen and oxygen atoms in total. The third-order valence-electron chi connectivity index (χ3n) is 5.31. The Morgan fingerprint density at radius 3 is 2.34 bits per heavy atom. The average molecular weight is 433 g/mol. The molecule has 2 aromatic heterocycles. The molecule has 4 rings (SSSR count). The van der Waals surface area contributed by atoms with Gasteiger partial charge in [0.15, 0.2) is 0 Å². The van der Waals surface area contributed by atoms with E-state index in [4.69, 9.17) is 4.74 Å². The first-order chi connectivity index (χ1) is 15.7. The van der Waals surface area contributed by atoms with E-state index in [2.05, 4.69) is 37.0 Å². The molecule has 0 spiro atoms. The van der Waals surface area contributed by atoms with Crippen LogP contribution in [0.25, 0.3) is 0 Å². The van der Waals surface area contributed by atoms with Crippen molar-refractivity contribution in [1.82, 2.24) is 15.0 Å². The number of ether oxygens (including phenoxy) is 1. The van der Waals surface area contributed by atoms with Gasteiger partial charge in [-0.2, -0.15) is 0 Å². The number of pyridine rings is 1. The number of carbonyl (C=O) groups excluding carboxylic acids is 1. The standard InChI is InChI=1S/C24H28N6O2/c1-2-3-16-32-21-9-7-19(8-10-21)23(31)28-20-17-26-24(27-18-20)30-14-12-29(13-15-30)22-6-4-5-11-25-22/h4-11,17-18H,2-3,12-16H2,1H3,(H,28,31). The van der Waals surface area contributed by atoms with Crippen molar-refractivity contribution in [2.75, 3.05) is 47.9 Å². The van der Waals surface area contributed by atoms with E-state index < -0.39 is 0 Å². The second-order valence-corrected chi connectivity index (χ2v) is 7.61. The zero-order valence-corrected chi connectivity index (χ0v) is 18.3. The van der Waals surface area contributed by atoms with Crippen molar-refractivity contribution >= 4 is 23.4 Å². The van der Waals surface area contributed by atoms with Crippen molar-refractivity contribution in [2.24, 2.45) is 0 Å². The Hall–Kier alpha value is -3.68. The number of benzene rings is 1. The molecule has 166 valence electrons. The molecule has 0 radical (unpaired) electrons. The summed E-state index contributed by atoms with van der Waals surface area (Å²) in [7, 11) is 0. The van der Waals surface area contributed by atoms with E-state index in [-0.39, 0.29) is 5.91 Å². The van der Waals surface area contributed by atoms with Gasteiger partial charge < -0.3 is 19.9 Å². The van der Waals surface area contributed by atoms with E-state index in [1.54, 1.807) is 24.5 Å². The molecule has 1 N–H and O–H groups in total.